The van der Waals surface area contributed by atoms with E-state index in [9.17, 15) is 19.8 Å². The van der Waals surface area contributed by atoms with Crippen LogP contribution in [0, 0.1) is 11.8 Å². The van der Waals surface area contributed by atoms with Crippen molar-refractivity contribution in [3.8, 4) is 0 Å². The van der Waals surface area contributed by atoms with E-state index < -0.39 is 29.6 Å². The molecule has 1 saturated carbocycles. The Morgan fingerprint density at radius 2 is 2.11 bits per heavy atom. The standard InChI is InChI=1S/C13H24N2O4/c1-4-7(2)11(15-8(3)16)10-9(14)5-6-13(10,19)12(17)18/h7,9-11,19H,4-6,14H2,1-3H3,(H,15,16)(H,17,18). The third-order valence-corrected chi connectivity index (χ3v) is 4.26. The van der Waals surface area contributed by atoms with Gasteiger partial charge in [0.2, 0.25) is 5.91 Å². The minimum absolute atomic E-state index is 0.0453. The number of carbonyl (C=O) groups excluding carboxylic acids is 1. The van der Waals surface area contributed by atoms with Crippen LogP contribution in [-0.2, 0) is 9.59 Å². The fraction of sp³-hybridized carbons (Fsp3) is 0.846. The van der Waals surface area contributed by atoms with Crippen LogP contribution in [0.15, 0.2) is 0 Å². The molecule has 110 valence electrons. The lowest BCUT2D eigenvalue weighted by Crippen LogP contribution is -2.58. The van der Waals surface area contributed by atoms with Gasteiger partial charge in [-0.3, -0.25) is 4.79 Å². The van der Waals surface area contributed by atoms with Gasteiger partial charge in [0.15, 0.2) is 5.60 Å². The van der Waals surface area contributed by atoms with E-state index in [0.717, 1.165) is 6.42 Å². The van der Waals surface area contributed by atoms with E-state index in [1.54, 1.807) is 0 Å². The summed E-state index contributed by atoms with van der Waals surface area (Å²) in [5.41, 5.74) is 4.14. The predicted octanol–water partition coefficient (Wildman–Crippen LogP) is 0.0902. The van der Waals surface area contributed by atoms with Crippen molar-refractivity contribution in [3.05, 3.63) is 0 Å². The molecule has 0 saturated heterocycles. The molecule has 19 heavy (non-hydrogen) atoms. The van der Waals surface area contributed by atoms with Crippen LogP contribution in [0.4, 0.5) is 0 Å². The van der Waals surface area contributed by atoms with E-state index in [2.05, 4.69) is 5.32 Å². The fourth-order valence-corrected chi connectivity index (χ4v) is 2.97. The normalized spacial score (nSPS) is 33.7. The number of aliphatic carboxylic acids is 1. The second kappa shape index (κ2) is 5.88. The number of carboxylic acids is 1. The summed E-state index contributed by atoms with van der Waals surface area (Å²) < 4.78 is 0. The van der Waals surface area contributed by atoms with Crippen molar-refractivity contribution < 1.29 is 19.8 Å². The Labute approximate surface area is 113 Å². The average molecular weight is 272 g/mol. The molecule has 0 aromatic heterocycles. The monoisotopic (exact) mass is 272 g/mol. The maximum absolute atomic E-state index is 11.4. The summed E-state index contributed by atoms with van der Waals surface area (Å²) >= 11 is 0. The third-order valence-electron chi connectivity index (χ3n) is 4.26. The molecule has 0 heterocycles. The minimum atomic E-state index is -1.85. The first-order valence-electron chi connectivity index (χ1n) is 6.72. The zero-order valence-electron chi connectivity index (χ0n) is 11.7. The highest BCUT2D eigenvalue weighted by molar-refractivity contribution is 5.79. The number of nitrogens with one attached hydrogen (secondary N) is 1. The summed E-state index contributed by atoms with van der Waals surface area (Å²) in [6.45, 7) is 5.27. The van der Waals surface area contributed by atoms with Crippen LogP contribution in [0.25, 0.3) is 0 Å². The number of carboxylic acid groups (broad SMARTS) is 1. The van der Waals surface area contributed by atoms with E-state index >= 15 is 0 Å². The summed E-state index contributed by atoms with van der Waals surface area (Å²) in [5, 5.41) is 22.4. The SMILES string of the molecule is CCC(C)C(NC(C)=O)C1C(N)CCC1(O)C(=O)O. The Bertz CT molecular complexity index is 361. The molecule has 6 nitrogen and oxygen atoms in total. The van der Waals surface area contributed by atoms with Crippen molar-refractivity contribution in [2.75, 3.05) is 0 Å². The molecule has 0 bridgehead atoms. The van der Waals surface area contributed by atoms with Gasteiger partial charge in [-0.2, -0.15) is 0 Å². The fourth-order valence-electron chi connectivity index (χ4n) is 2.97. The van der Waals surface area contributed by atoms with E-state index in [-0.39, 0.29) is 18.2 Å². The highest BCUT2D eigenvalue weighted by atomic mass is 16.4. The highest BCUT2D eigenvalue weighted by Crippen LogP contribution is 2.40. The maximum atomic E-state index is 11.4. The average Bonchev–Trinajstić information content (AvgIpc) is 2.63. The van der Waals surface area contributed by atoms with Crippen molar-refractivity contribution in [1.29, 1.82) is 0 Å². The van der Waals surface area contributed by atoms with Crippen molar-refractivity contribution in [2.24, 2.45) is 17.6 Å². The largest absolute Gasteiger partial charge is 0.479 e. The molecule has 5 unspecified atom stereocenters. The summed E-state index contributed by atoms with van der Waals surface area (Å²) in [7, 11) is 0. The van der Waals surface area contributed by atoms with E-state index in [0.29, 0.717) is 6.42 Å². The number of nitrogens with two attached hydrogens (primary N) is 1. The van der Waals surface area contributed by atoms with Gasteiger partial charge in [-0.05, 0) is 18.8 Å². The lowest BCUT2D eigenvalue weighted by Gasteiger charge is -2.38. The highest BCUT2D eigenvalue weighted by Gasteiger charge is 2.55. The van der Waals surface area contributed by atoms with E-state index in [1.165, 1.54) is 6.92 Å². The lowest BCUT2D eigenvalue weighted by molar-refractivity contribution is -0.165. The van der Waals surface area contributed by atoms with Crippen LogP contribution >= 0.6 is 0 Å². The molecule has 6 heteroatoms. The van der Waals surface area contributed by atoms with Crippen molar-refractivity contribution in [2.45, 2.75) is 57.7 Å². The van der Waals surface area contributed by atoms with Gasteiger partial charge in [0.1, 0.15) is 0 Å². The molecule has 0 radical (unpaired) electrons. The van der Waals surface area contributed by atoms with E-state index in [4.69, 9.17) is 5.73 Å². The second-order valence-electron chi connectivity index (χ2n) is 5.57. The molecular formula is C13H24N2O4. The van der Waals surface area contributed by atoms with E-state index in [1.807, 2.05) is 13.8 Å². The quantitative estimate of drug-likeness (QED) is 0.566. The first kappa shape index (κ1) is 15.9. The number of hydrogen-bond donors (Lipinski definition) is 4. The molecule has 0 aromatic rings. The molecule has 1 rings (SSSR count). The summed E-state index contributed by atoms with van der Waals surface area (Å²) in [6.07, 6.45) is 1.34. The molecular weight excluding hydrogens is 248 g/mol. The first-order valence-corrected chi connectivity index (χ1v) is 6.72. The van der Waals surface area contributed by atoms with Gasteiger partial charge in [0.25, 0.3) is 0 Å². The van der Waals surface area contributed by atoms with Crippen LogP contribution in [0.5, 0.6) is 0 Å². The molecule has 0 aliphatic heterocycles. The Morgan fingerprint density at radius 3 is 2.53 bits per heavy atom. The number of aliphatic hydroxyl groups is 1. The number of hydrogen-bond acceptors (Lipinski definition) is 4. The number of rotatable bonds is 5. The molecule has 1 aliphatic rings. The molecule has 0 aromatic carbocycles. The molecule has 1 fully saturated rings. The summed E-state index contributed by atoms with van der Waals surface area (Å²) in [6, 6.07) is -0.854. The van der Waals surface area contributed by atoms with Crippen LogP contribution in [-0.4, -0.2) is 39.8 Å². The minimum Gasteiger partial charge on any atom is -0.479 e. The molecule has 0 spiro atoms. The van der Waals surface area contributed by atoms with Crippen molar-refractivity contribution >= 4 is 11.9 Å². The van der Waals surface area contributed by atoms with Crippen LogP contribution in [0.1, 0.15) is 40.0 Å². The van der Waals surface area contributed by atoms with Crippen LogP contribution < -0.4 is 11.1 Å². The zero-order valence-corrected chi connectivity index (χ0v) is 11.7. The Morgan fingerprint density at radius 1 is 1.53 bits per heavy atom. The van der Waals surface area contributed by atoms with Gasteiger partial charge in [-0.25, -0.2) is 4.79 Å². The number of carbonyl (C=O) groups is 2. The third kappa shape index (κ3) is 3.06. The number of amides is 1. The second-order valence-corrected chi connectivity index (χ2v) is 5.57. The Kier molecular flexibility index (Phi) is 4.92. The maximum Gasteiger partial charge on any atom is 0.336 e. The molecule has 5 N–H and O–H groups in total. The van der Waals surface area contributed by atoms with Gasteiger partial charge in [0.05, 0.1) is 0 Å². The van der Waals surface area contributed by atoms with Gasteiger partial charge in [-0.1, -0.05) is 20.3 Å². The predicted molar refractivity (Wildman–Crippen MR) is 70.3 cm³/mol. The van der Waals surface area contributed by atoms with Crippen LogP contribution in [0.3, 0.4) is 0 Å². The lowest BCUT2D eigenvalue weighted by atomic mass is 9.77. The topological polar surface area (TPSA) is 113 Å². The Hall–Kier alpha value is -1.14. The Balaban J connectivity index is 3.10. The van der Waals surface area contributed by atoms with Gasteiger partial charge in [-0.15, -0.1) is 0 Å². The van der Waals surface area contributed by atoms with Gasteiger partial charge in [0, 0.05) is 24.9 Å². The zero-order chi connectivity index (χ0) is 14.8. The van der Waals surface area contributed by atoms with Gasteiger partial charge >= 0.3 is 5.97 Å². The smallest absolute Gasteiger partial charge is 0.336 e. The summed E-state index contributed by atoms with van der Waals surface area (Å²) in [4.78, 5) is 22.7. The molecule has 1 amide bonds. The van der Waals surface area contributed by atoms with Crippen molar-refractivity contribution in [1.82, 2.24) is 5.32 Å². The summed E-state index contributed by atoms with van der Waals surface area (Å²) in [5.74, 6) is -2.12. The first-order chi connectivity index (χ1) is 8.74. The molecule has 1 aliphatic carbocycles. The van der Waals surface area contributed by atoms with Crippen LogP contribution in [0.2, 0.25) is 0 Å². The van der Waals surface area contributed by atoms with Gasteiger partial charge < -0.3 is 21.3 Å². The van der Waals surface area contributed by atoms with Crippen molar-refractivity contribution in [3.63, 3.8) is 0 Å². The molecule has 5 atom stereocenters.